The van der Waals surface area contributed by atoms with E-state index in [9.17, 15) is 13.2 Å². The van der Waals surface area contributed by atoms with Crippen molar-refractivity contribution in [1.29, 1.82) is 0 Å². The maximum Gasteiger partial charge on any atom is 0.251 e. The van der Waals surface area contributed by atoms with Gasteiger partial charge in [-0.1, -0.05) is 49.7 Å². The monoisotopic (exact) mass is 388 g/mol. The van der Waals surface area contributed by atoms with Gasteiger partial charge in [-0.15, -0.1) is 0 Å². The largest absolute Gasteiger partial charge is 0.348 e. The second-order valence-corrected chi connectivity index (χ2v) is 8.54. The highest BCUT2D eigenvalue weighted by Crippen LogP contribution is 2.18. The second kappa shape index (κ2) is 9.67. The highest BCUT2D eigenvalue weighted by Gasteiger charge is 2.23. The van der Waals surface area contributed by atoms with Crippen LogP contribution >= 0.6 is 0 Å². The van der Waals surface area contributed by atoms with Crippen LogP contribution in [-0.4, -0.2) is 31.7 Å². The fraction of sp³-hybridized carbons (Fsp3) is 0.381. The van der Waals surface area contributed by atoms with Crippen molar-refractivity contribution < 1.29 is 13.2 Å². The molecule has 2 aromatic carbocycles. The third kappa shape index (κ3) is 5.65. The molecule has 0 aliphatic carbocycles. The van der Waals surface area contributed by atoms with Gasteiger partial charge in [0.1, 0.15) is 0 Å². The number of rotatable bonds is 9. The Hall–Kier alpha value is -2.18. The average Bonchev–Trinajstić information content (AvgIpc) is 2.67. The van der Waals surface area contributed by atoms with Gasteiger partial charge in [-0.2, -0.15) is 4.31 Å². The van der Waals surface area contributed by atoms with E-state index in [0.717, 1.165) is 24.0 Å². The molecule has 0 saturated heterocycles. The Labute approximate surface area is 162 Å². The summed E-state index contributed by atoms with van der Waals surface area (Å²) < 4.78 is 27.3. The van der Waals surface area contributed by atoms with Crippen LogP contribution < -0.4 is 5.32 Å². The van der Waals surface area contributed by atoms with Crippen molar-refractivity contribution in [3.8, 4) is 0 Å². The highest BCUT2D eigenvalue weighted by atomic mass is 32.2. The van der Waals surface area contributed by atoms with E-state index in [-0.39, 0.29) is 10.8 Å². The fourth-order valence-electron chi connectivity index (χ4n) is 2.79. The summed E-state index contributed by atoms with van der Waals surface area (Å²) >= 11 is 0. The maximum atomic E-state index is 12.9. The van der Waals surface area contributed by atoms with Gasteiger partial charge in [-0.3, -0.25) is 4.79 Å². The fourth-order valence-corrected chi connectivity index (χ4v) is 4.46. The van der Waals surface area contributed by atoms with E-state index in [0.29, 0.717) is 25.2 Å². The molecule has 2 rings (SSSR count). The minimum atomic E-state index is -3.60. The zero-order chi connectivity index (χ0) is 19.9. The maximum absolute atomic E-state index is 12.9. The van der Waals surface area contributed by atoms with E-state index < -0.39 is 10.0 Å². The molecule has 0 aliphatic rings. The van der Waals surface area contributed by atoms with E-state index in [4.69, 9.17) is 0 Å². The van der Waals surface area contributed by atoms with Crippen LogP contribution in [0.1, 0.15) is 48.2 Å². The third-order valence-electron chi connectivity index (χ3n) is 4.25. The first kappa shape index (κ1) is 21.1. The molecule has 0 spiro atoms. The zero-order valence-corrected chi connectivity index (χ0v) is 17.1. The van der Waals surface area contributed by atoms with Crippen molar-refractivity contribution in [3.63, 3.8) is 0 Å². The lowest BCUT2D eigenvalue weighted by molar-refractivity contribution is 0.0950. The second-order valence-electron chi connectivity index (χ2n) is 6.60. The third-order valence-corrected chi connectivity index (χ3v) is 6.15. The predicted octanol–water partition coefficient (Wildman–Crippen LogP) is 3.74. The number of nitrogens with one attached hydrogen (secondary N) is 1. The lowest BCUT2D eigenvalue weighted by Crippen LogP contribution is -2.32. The Morgan fingerprint density at radius 2 is 1.63 bits per heavy atom. The molecular formula is C21H28N2O3S. The molecule has 0 aromatic heterocycles. The van der Waals surface area contributed by atoms with Gasteiger partial charge in [0.05, 0.1) is 4.90 Å². The molecule has 0 fully saturated rings. The molecule has 5 nitrogen and oxygen atoms in total. The molecular weight excluding hydrogens is 360 g/mol. The molecule has 0 bridgehead atoms. The summed E-state index contributed by atoms with van der Waals surface area (Å²) in [5, 5.41) is 2.85. The summed E-state index contributed by atoms with van der Waals surface area (Å²) in [6, 6.07) is 14.2. The van der Waals surface area contributed by atoms with E-state index in [1.165, 1.54) is 10.4 Å². The summed E-state index contributed by atoms with van der Waals surface area (Å²) in [4.78, 5) is 12.6. The van der Waals surface area contributed by atoms with Crippen molar-refractivity contribution in [2.24, 2.45) is 0 Å². The Balaban J connectivity index is 2.15. The minimum Gasteiger partial charge on any atom is -0.348 e. The Bertz CT molecular complexity index is 855. The molecule has 27 heavy (non-hydrogen) atoms. The van der Waals surface area contributed by atoms with E-state index in [1.54, 1.807) is 18.2 Å². The molecule has 0 radical (unpaired) electrons. The molecule has 146 valence electrons. The van der Waals surface area contributed by atoms with Crippen LogP contribution in [0, 0.1) is 6.92 Å². The lowest BCUT2D eigenvalue weighted by atomic mass is 10.1. The van der Waals surface area contributed by atoms with Gasteiger partial charge in [0.15, 0.2) is 0 Å². The molecule has 1 N–H and O–H groups in total. The van der Waals surface area contributed by atoms with Crippen LogP contribution in [0.25, 0.3) is 0 Å². The van der Waals surface area contributed by atoms with Crippen molar-refractivity contribution in [2.45, 2.75) is 45.1 Å². The van der Waals surface area contributed by atoms with Crippen LogP contribution in [0.4, 0.5) is 0 Å². The number of amides is 1. The number of sulfonamides is 1. The first-order chi connectivity index (χ1) is 12.9. The smallest absolute Gasteiger partial charge is 0.251 e. The minimum absolute atomic E-state index is 0.160. The van der Waals surface area contributed by atoms with E-state index in [1.807, 2.05) is 45.0 Å². The number of nitrogens with zero attached hydrogens (tertiary/aromatic N) is 1. The van der Waals surface area contributed by atoms with Gasteiger partial charge in [0.25, 0.3) is 5.91 Å². The standard InChI is InChI=1S/C21H28N2O3S/c1-4-13-23(14-5-2)27(25,26)20-8-6-7-19(15-20)21(24)22-16-18-11-9-17(3)10-12-18/h6-12,15H,4-5,13-14,16H2,1-3H3,(H,22,24). The van der Waals surface area contributed by atoms with Gasteiger partial charge in [-0.25, -0.2) is 8.42 Å². The Morgan fingerprint density at radius 1 is 1.00 bits per heavy atom. The molecule has 1 amide bonds. The van der Waals surface area contributed by atoms with Crippen LogP contribution in [0.3, 0.4) is 0 Å². The van der Waals surface area contributed by atoms with Gasteiger partial charge in [-0.05, 0) is 43.5 Å². The SMILES string of the molecule is CCCN(CCC)S(=O)(=O)c1cccc(C(=O)NCc2ccc(C)cc2)c1. The molecule has 0 saturated carbocycles. The number of hydrogen-bond acceptors (Lipinski definition) is 3. The Kier molecular flexibility index (Phi) is 7.56. The van der Waals surface area contributed by atoms with Crippen LogP contribution in [0.2, 0.25) is 0 Å². The van der Waals surface area contributed by atoms with Crippen LogP contribution in [-0.2, 0) is 16.6 Å². The van der Waals surface area contributed by atoms with Gasteiger partial charge in [0.2, 0.25) is 10.0 Å². The van der Waals surface area contributed by atoms with Gasteiger partial charge < -0.3 is 5.32 Å². The van der Waals surface area contributed by atoms with E-state index in [2.05, 4.69) is 5.32 Å². The van der Waals surface area contributed by atoms with Crippen molar-refractivity contribution in [3.05, 3.63) is 65.2 Å². The molecule has 0 heterocycles. The van der Waals surface area contributed by atoms with E-state index >= 15 is 0 Å². The quantitative estimate of drug-likeness (QED) is 0.712. The zero-order valence-electron chi connectivity index (χ0n) is 16.2. The Morgan fingerprint density at radius 3 is 2.22 bits per heavy atom. The first-order valence-corrected chi connectivity index (χ1v) is 10.8. The summed E-state index contributed by atoms with van der Waals surface area (Å²) in [6.45, 7) is 7.25. The summed E-state index contributed by atoms with van der Waals surface area (Å²) in [7, 11) is -3.60. The number of aryl methyl sites for hydroxylation is 1. The van der Waals surface area contributed by atoms with Crippen molar-refractivity contribution in [1.82, 2.24) is 9.62 Å². The average molecular weight is 389 g/mol. The molecule has 6 heteroatoms. The summed E-state index contributed by atoms with van der Waals surface area (Å²) in [5.41, 5.74) is 2.50. The van der Waals surface area contributed by atoms with Crippen LogP contribution in [0.15, 0.2) is 53.4 Å². The normalized spacial score (nSPS) is 11.6. The summed E-state index contributed by atoms with van der Waals surface area (Å²) in [6.07, 6.45) is 1.49. The van der Waals surface area contributed by atoms with Crippen molar-refractivity contribution in [2.75, 3.05) is 13.1 Å². The van der Waals surface area contributed by atoms with Gasteiger partial charge >= 0.3 is 0 Å². The number of benzene rings is 2. The number of hydrogen-bond donors (Lipinski definition) is 1. The topological polar surface area (TPSA) is 66.5 Å². The lowest BCUT2D eigenvalue weighted by Gasteiger charge is -2.21. The predicted molar refractivity (Wildman–Crippen MR) is 108 cm³/mol. The molecule has 0 atom stereocenters. The molecule has 0 aliphatic heterocycles. The number of carbonyl (C=O) groups excluding carboxylic acids is 1. The highest BCUT2D eigenvalue weighted by molar-refractivity contribution is 7.89. The summed E-state index contributed by atoms with van der Waals surface area (Å²) in [5.74, 6) is -0.287. The van der Waals surface area contributed by atoms with Crippen LogP contribution in [0.5, 0.6) is 0 Å². The molecule has 0 unspecified atom stereocenters. The first-order valence-electron chi connectivity index (χ1n) is 9.32. The molecule has 2 aromatic rings. The number of carbonyl (C=O) groups is 1. The van der Waals surface area contributed by atoms with Crippen molar-refractivity contribution >= 4 is 15.9 Å². The van der Waals surface area contributed by atoms with Gasteiger partial charge in [0, 0.05) is 25.2 Å².